The molecule has 378 valence electrons. The number of hydrogen-bond donors (Lipinski definition) is 0. The molecule has 0 N–H and O–H groups in total. The molecule has 9 heteroatoms. The van der Waals surface area contributed by atoms with Gasteiger partial charge < -0.3 is 33.3 Å². The normalized spacial score (nSPS) is 13.9. The van der Waals surface area contributed by atoms with Crippen LogP contribution in [0.3, 0.4) is 0 Å². The molecule has 2 unspecified atom stereocenters. The maximum Gasteiger partial charge on any atom is 0.306 e. The maximum atomic E-state index is 12.8. The number of carboxylic acid groups (broad SMARTS) is 1. The molecule has 0 aromatic rings. The lowest BCUT2D eigenvalue weighted by Crippen LogP contribution is -2.44. The Morgan fingerprint density at radius 2 is 0.806 bits per heavy atom. The van der Waals surface area contributed by atoms with Crippen molar-refractivity contribution in [3.63, 3.8) is 0 Å². The average molecular weight is 932 g/mol. The first-order chi connectivity index (χ1) is 32.6. The van der Waals surface area contributed by atoms with Gasteiger partial charge in [-0.1, -0.05) is 174 Å². The topological polar surface area (TPSA) is 111 Å². The smallest absolute Gasteiger partial charge is 0.306 e. The molecule has 9 nitrogen and oxygen atoms in total. The molecule has 0 aromatic carbocycles. The predicted octanol–water partition coefficient (Wildman–Crippen LogP) is 13.2. The van der Waals surface area contributed by atoms with Crippen LogP contribution in [-0.2, 0) is 33.3 Å². The number of esters is 2. The third-order valence-electron chi connectivity index (χ3n) is 10.2. The number of hydrogen-bond acceptors (Lipinski definition) is 8. The summed E-state index contributed by atoms with van der Waals surface area (Å²) in [5, 5.41) is 11.7. The van der Waals surface area contributed by atoms with Crippen LogP contribution in [0.1, 0.15) is 168 Å². The van der Waals surface area contributed by atoms with E-state index in [0.717, 1.165) is 103 Å². The summed E-state index contributed by atoms with van der Waals surface area (Å²) >= 11 is 0. The van der Waals surface area contributed by atoms with E-state index in [9.17, 15) is 19.5 Å². The van der Waals surface area contributed by atoms with Crippen molar-refractivity contribution in [2.45, 2.75) is 180 Å². The molecule has 0 heterocycles. The largest absolute Gasteiger partial charge is 0.545 e. The monoisotopic (exact) mass is 932 g/mol. The molecule has 0 aliphatic carbocycles. The van der Waals surface area contributed by atoms with Crippen molar-refractivity contribution in [3.8, 4) is 0 Å². The first kappa shape index (κ1) is 62.7. The third-order valence-corrected chi connectivity index (χ3v) is 10.2. The van der Waals surface area contributed by atoms with Gasteiger partial charge in [-0.05, 0) is 103 Å². The van der Waals surface area contributed by atoms with Gasteiger partial charge in [0.2, 0.25) is 0 Å². The summed E-state index contributed by atoms with van der Waals surface area (Å²) in [5.41, 5.74) is 0. The zero-order valence-electron chi connectivity index (χ0n) is 42.7. The Kier molecular flexibility index (Phi) is 45.1. The van der Waals surface area contributed by atoms with Crippen LogP contribution in [0.4, 0.5) is 0 Å². The second-order valence-electron chi connectivity index (χ2n) is 17.7. The maximum absolute atomic E-state index is 12.8. The van der Waals surface area contributed by atoms with Crippen LogP contribution in [0.5, 0.6) is 0 Å². The van der Waals surface area contributed by atoms with Gasteiger partial charge in [0.15, 0.2) is 12.4 Å². The fourth-order valence-corrected chi connectivity index (χ4v) is 6.29. The van der Waals surface area contributed by atoms with Crippen molar-refractivity contribution < 1.29 is 42.9 Å². The van der Waals surface area contributed by atoms with Gasteiger partial charge in [-0.25, -0.2) is 0 Å². The van der Waals surface area contributed by atoms with Gasteiger partial charge in [0.1, 0.15) is 13.2 Å². The summed E-state index contributed by atoms with van der Waals surface area (Å²) in [6.45, 7) is 4.42. The van der Waals surface area contributed by atoms with E-state index < -0.39 is 30.3 Å². The minimum absolute atomic E-state index is 0.132. The lowest BCUT2D eigenvalue weighted by molar-refractivity contribution is -0.870. The number of carbonyl (C=O) groups is 3. The molecule has 0 aromatic heterocycles. The van der Waals surface area contributed by atoms with E-state index in [4.69, 9.17) is 18.9 Å². The van der Waals surface area contributed by atoms with Gasteiger partial charge >= 0.3 is 11.9 Å². The Labute approximate surface area is 408 Å². The number of rotatable bonds is 45. The minimum atomic E-state index is -1.64. The molecule has 0 aliphatic rings. The molecule has 0 rings (SSSR count). The SMILES string of the molecule is CC/C=C\C/C=C\C/C=C\C/C=C\C/C=C\C/C=C\CCCCCCCCCCC(=O)OC(COC(=O)CCCC/C=C\C/C=C\C/C=C\C/C=C\CC)COC(OCC[N+](C)(C)C)C(=O)[O-]. The zero-order valence-corrected chi connectivity index (χ0v) is 42.7. The molecule has 0 radical (unpaired) electrons. The zero-order chi connectivity index (χ0) is 49.2. The van der Waals surface area contributed by atoms with Crippen LogP contribution < -0.4 is 5.11 Å². The molecular weight excluding hydrogens is 839 g/mol. The van der Waals surface area contributed by atoms with Crippen LogP contribution in [-0.4, -0.2) is 82.3 Å². The van der Waals surface area contributed by atoms with E-state index in [1.807, 2.05) is 21.1 Å². The summed E-state index contributed by atoms with van der Waals surface area (Å²) in [7, 11) is 5.89. The molecule has 0 spiro atoms. The van der Waals surface area contributed by atoms with E-state index in [0.29, 0.717) is 23.9 Å². The van der Waals surface area contributed by atoms with Gasteiger partial charge in [-0.3, -0.25) is 9.59 Å². The Balaban J connectivity index is 4.39. The van der Waals surface area contributed by atoms with E-state index >= 15 is 0 Å². The summed E-state index contributed by atoms with van der Waals surface area (Å²) in [6.07, 6.45) is 63.8. The lowest BCUT2D eigenvalue weighted by Gasteiger charge is -2.26. The van der Waals surface area contributed by atoms with E-state index in [1.54, 1.807) is 0 Å². The van der Waals surface area contributed by atoms with Crippen molar-refractivity contribution in [3.05, 3.63) is 122 Å². The number of quaternary nitrogens is 1. The Morgan fingerprint density at radius 1 is 0.448 bits per heavy atom. The highest BCUT2D eigenvalue weighted by Crippen LogP contribution is 2.13. The standard InChI is InChI=1S/C58H93NO8/c1-6-8-10-12-14-16-18-20-22-23-24-25-26-27-28-29-30-31-32-33-35-37-39-41-43-45-47-49-56(61)67-54(53-66-58(57(62)63)64-51-50-59(3,4)5)52-65-55(60)48-46-44-42-40-38-36-34-21-19-17-15-13-11-9-7-2/h8-11,14-17,20-22,24-25,27-28,30-31,34,38,40,54,58H,6-7,12-13,18-19,23,26,29,32-33,35-37,39,41-53H2,1-5H3/b10-8-,11-9-,16-14-,17-15-,22-20-,25-24-,28-27-,31-30-,34-21-,40-38-. The highest BCUT2D eigenvalue weighted by Gasteiger charge is 2.21. The van der Waals surface area contributed by atoms with Crippen molar-refractivity contribution in [1.82, 2.24) is 0 Å². The second-order valence-corrected chi connectivity index (χ2v) is 17.7. The first-order valence-electron chi connectivity index (χ1n) is 25.7. The van der Waals surface area contributed by atoms with Gasteiger partial charge in [0.25, 0.3) is 0 Å². The van der Waals surface area contributed by atoms with Gasteiger partial charge in [-0.15, -0.1) is 0 Å². The average Bonchev–Trinajstić information content (AvgIpc) is 3.29. The predicted molar refractivity (Wildman–Crippen MR) is 278 cm³/mol. The number of aliphatic carboxylic acids is 1. The number of carboxylic acids is 1. The number of allylic oxidation sites excluding steroid dienone is 20. The van der Waals surface area contributed by atoms with Crippen LogP contribution in [0.25, 0.3) is 0 Å². The fourth-order valence-electron chi connectivity index (χ4n) is 6.29. The fraction of sp³-hybridized carbons (Fsp3) is 0.603. The van der Waals surface area contributed by atoms with E-state index in [1.165, 1.54) is 25.7 Å². The number of carbonyl (C=O) groups excluding carboxylic acids is 3. The highest BCUT2D eigenvalue weighted by molar-refractivity contribution is 5.70. The molecule has 0 fully saturated rings. The van der Waals surface area contributed by atoms with Crippen molar-refractivity contribution in [2.75, 3.05) is 47.5 Å². The molecule has 0 bridgehead atoms. The summed E-state index contributed by atoms with van der Waals surface area (Å²) in [4.78, 5) is 37.1. The molecular formula is C58H93NO8. The highest BCUT2D eigenvalue weighted by atomic mass is 16.7. The Bertz CT molecular complexity index is 1510. The Morgan fingerprint density at radius 3 is 1.22 bits per heavy atom. The van der Waals surface area contributed by atoms with Crippen LogP contribution in [0, 0.1) is 0 Å². The van der Waals surface area contributed by atoms with Gasteiger partial charge in [0.05, 0.1) is 40.3 Å². The van der Waals surface area contributed by atoms with E-state index in [-0.39, 0.29) is 32.7 Å². The quantitative estimate of drug-likeness (QED) is 0.0195. The lowest BCUT2D eigenvalue weighted by atomic mass is 10.1. The van der Waals surface area contributed by atoms with Crippen LogP contribution in [0.2, 0.25) is 0 Å². The first-order valence-corrected chi connectivity index (χ1v) is 25.7. The second kappa shape index (κ2) is 48.2. The summed E-state index contributed by atoms with van der Waals surface area (Å²) in [5.74, 6) is -2.37. The number of unbranched alkanes of at least 4 members (excludes halogenated alkanes) is 10. The molecule has 2 atom stereocenters. The Hall–Kier alpha value is -4.31. The number of nitrogens with zero attached hydrogens (tertiary/aromatic N) is 1. The molecule has 0 amide bonds. The molecule has 0 aliphatic heterocycles. The molecule has 0 saturated heterocycles. The van der Waals surface area contributed by atoms with E-state index in [2.05, 4.69) is 135 Å². The van der Waals surface area contributed by atoms with Crippen LogP contribution >= 0.6 is 0 Å². The van der Waals surface area contributed by atoms with Crippen molar-refractivity contribution >= 4 is 17.9 Å². The summed E-state index contributed by atoms with van der Waals surface area (Å²) < 4.78 is 22.5. The minimum Gasteiger partial charge on any atom is -0.545 e. The number of likely N-dealkylation sites (N-methyl/N-ethyl adjacent to an activating group) is 1. The summed E-state index contributed by atoms with van der Waals surface area (Å²) in [6, 6.07) is 0. The number of ether oxygens (including phenoxy) is 4. The van der Waals surface area contributed by atoms with Crippen molar-refractivity contribution in [2.24, 2.45) is 0 Å². The van der Waals surface area contributed by atoms with Gasteiger partial charge in [-0.2, -0.15) is 0 Å². The molecule has 0 saturated carbocycles. The van der Waals surface area contributed by atoms with Gasteiger partial charge in [0, 0.05) is 12.8 Å². The van der Waals surface area contributed by atoms with Crippen LogP contribution in [0.15, 0.2) is 122 Å². The van der Waals surface area contributed by atoms with Crippen molar-refractivity contribution in [1.29, 1.82) is 0 Å². The third kappa shape index (κ3) is 49.4. The molecule has 67 heavy (non-hydrogen) atoms.